The lowest BCUT2D eigenvalue weighted by molar-refractivity contribution is -0.125. The summed E-state index contributed by atoms with van der Waals surface area (Å²) in [5.41, 5.74) is 9.09. The summed E-state index contributed by atoms with van der Waals surface area (Å²) in [5.74, 6) is 1.71. The van der Waals surface area contributed by atoms with E-state index in [4.69, 9.17) is 5.73 Å². The fourth-order valence-corrected chi connectivity index (χ4v) is 3.34. The van der Waals surface area contributed by atoms with Crippen LogP contribution < -0.4 is 11.2 Å². The van der Waals surface area contributed by atoms with Crippen LogP contribution in [0.15, 0.2) is 23.3 Å². The van der Waals surface area contributed by atoms with Gasteiger partial charge in [-0.15, -0.1) is 0 Å². The number of nitrogens with one attached hydrogen (secondary N) is 1. The maximum absolute atomic E-state index is 13.4. The number of nitrogens with zero attached hydrogens (tertiary/aromatic N) is 2. The monoisotopic (exact) mass is 280 g/mol. The molecule has 1 aromatic rings. The molecule has 5 nitrogen and oxygen atoms in total. The van der Waals surface area contributed by atoms with Gasteiger partial charge in [0, 0.05) is 29.3 Å². The molecule has 1 saturated heterocycles. The fourth-order valence-electron chi connectivity index (χ4n) is 2.29. The van der Waals surface area contributed by atoms with E-state index in [9.17, 15) is 9.18 Å². The third-order valence-electron chi connectivity index (χ3n) is 3.15. The summed E-state index contributed by atoms with van der Waals surface area (Å²) in [6.07, 6.45) is 0. The summed E-state index contributed by atoms with van der Waals surface area (Å²) in [4.78, 5) is 13.7. The van der Waals surface area contributed by atoms with Gasteiger partial charge in [0.1, 0.15) is 11.9 Å². The maximum atomic E-state index is 13.4. The molecule has 2 heterocycles. The predicted octanol–water partition coefficient (Wildman–Crippen LogP) is 0.617. The van der Waals surface area contributed by atoms with Crippen LogP contribution in [-0.4, -0.2) is 40.7 Å². The van der Waals surface area contributed by atoms with Crippen LogP contribution in [0, 0.1) is 5.82 Å². The van der Waals surface area contributed by atoms with Gasteiger partial charge in [-0.1, -0.05) is 0 Å². The molecule has 0 radical (unpaired) electrons. The van der Waals surface area contributed by atoms with Gasteiger partial charge in [0.25, 0.3) is 5.91 Å². The number of nitrogens with two attached hydrogens (primary N) is 1. The molecule has 7 heteroatoms. The molecule has 1 atom stereocenters. The van der Waals surface area contributed by atoms with Gasteiger partial charge in [-0.05, 0) is 18.2 Å². The first-order valence-corrected chi connectivity index (χ1v) is 7.09. The summed E-state index contributed by atoms with van der Waals surface area (Å²) in [7, 11) is 0. The molecule has 1 aromatic carbocycles. The van der Waals surface area contributed by atoms with Crippen LogP contribution in [-0.2, 0) is 4.79 Å². The Morgan fingerprint density at radius 2 is 2.32 bits per heavy atom. The van der Waals surface area contributed by atoms with E-state index < -0.39 is 5.82 Å². The third kappa shape index (κ3) is 2.25. The van der Waals surface area contributed by atoms with Crippen molar-refractivity contribution in [1.82, 2.24) is 10.3 Å². The number of rotatable bonds is 1. The second-order valence-corrected chi connectivity index (χ2v) is 5.62. The number of nitrogen functional groups attached to an aromatic ring is 1. The first-order valence-electron chi connectivity index (χ1n) is 5.93. The van der Waals surface area contributed by atoms with Crippen molar-refractivity contribution < 1.29 is 9.18 Å². The number of thioether (sulfide) groups is 1. The van der Waals surface area contributed by atoms with E-state index in [1.807, 2.05) is 4.90 Å². The molecule has 100 valence electrons. The number of hydrazone groups is 1. The van der Waals surface area contributed by atoms with Gasteiger partial charge < -0.3 is 10.6 Å². The predicted molar refractivity (Wildman–Crippen MR) is 73.3 cm³/mol. The van der Waals surface area contributed by atoms with Gasteiger partial charge in [-0.25, -0.2) is 9.82 Å². The van der Waals surface area contributed by atoms with Crippen molar-refractivity contribution in [3.8, 4) is 0 Å². The molecule has 0 spiro atoms. The third-order valence-corrected chi connectivity index (χ3v) is 4.18. The minimum Gasteiger partial charge on any atom is -0.399 e. The van der Waals surface area contributed by atoms with E-state index in [1.165, 1.54) is 12.1 Å². The highest BCUT2D eigenvalue weighted by Gasteiger charge is 2.35. The van der Waals surface area contributed by atoms with E-state index in [0.717, 1.165) is 18.1 Å². The Morgan fingerprint density at radius 1 is 1.47 bits per heavy atom. The number of halogens is 1. The maximum Gasteiger partial charge on any atom is 0.263 e. The Balaban J connectivity index is 2.01. The number of benzene rings is 1. The lowest BCUT2D eigenvalue weighted by atomic mass is 10.1. The minimum absolute atomic E-state index is 0.111. The van der Waals surface area contributed by atoms with Crippen molar-refractivity contribution in [3.63, 3.8) is 0 Å². The van der Waals surface area contributed by atoms with Crippen LogP contribution in [0.1, 0.15) is 5.56 Å². The smallest absolute Gasteiger partial charge is 0.263 e. The highest BCUT2D eigenvalue weighted by molar-refractivity contribution is 7.99. The van der Waals surface area contributed by atoms with Gasteiger partial charge in [0.15, 0.2) is 5.84 Å². The molecule has 0 aromatic heterocycles. The molecule has 3 N–H and O–H groups in total. The number of carbonyl (C=O) groups excluding carboxylic acids is 1. The fraction of sp³-hybridized carbons (Fsp3) is 0.333. The molecule has 3 rings (SSSR count). The van der Waals surface area contributed by atoms with E-state index in [0.29, 0.717) is 17.1 Å². The quantitative estimate of drug-likeness (QED) is 0.740. The SMILES string of the molecule is Nc1cc(F)cc(C2=NNC(=O)C3CSCCN23)c1. The molecule has 0 aliphatic carbocycles. The zero-order chi connectivity index (χ0) is 13.4. The van der Waals surface area contributed by atoms with Crippen LogP contribution in [0.25, 0.3) is 0 Å². The van der Waals surface area contributed by atoms with Gasteiger partial charge in [0.2, 0.25) is 0 Å². The number of carbonyl (C=O) groups is 1. The Kier molecular flexibility index (Phi) is 3.06. The van der Waals surface area contributed by atoms with Crippen LogP contribution in [0.5, 0.6) is 0 Å². The number of amides is 1. The molecule has 2 aliphatic heterocycles. The van der Waals surface area contributed by atoms with Crippen LogP contribution >= 0.6 is 11.8 Å². The molecule has 1 amide bonds. The molecule has 0 bridgehead atoms. The summed E-state index contributed by atoms with van der Waals surface area (Å²) >= 11 is 1.73. The molecule has 19 heavy (non-hydrogen) atoms. The van der Waals surface area contributed by atoms with Gasteiger partial charge in [-0.2, -0.15) is 16.9 Å². The van der Waals surface area contributed by atoms with E-state index in [2.05, 4.69) is 10.5 Å². The van der Waals surface area contributed by atoms with Gasteiger partial charge in [-0.3, -0.25) is 4.79 Å². The Labute approximate surface area is 114 Å². The minimum atomic E-state index is -0.405. The van der Waals surface area contributed by atoms with E-state index in [-0.39, 0.29) is 11.9 Å². The summed E-state index contributed by atoms with van der Waals surface area (Å²) < 4.78 is 13.4. The zero-order valence-electron chi connectivity index (χ0n) is 10.1. The largest absolute Gasteiger partial charge is 0.399 e. The Bertz CT molecular complexity index is 542. The summed E-state index contributed by atoms with van der Waals surface area (Å²) in [6, 6.07) is 4.06. The number of amidine groups is 1. The second kappa shape index (κ2) is 4.73. The Hall–Kier alpha value is -1.76. The van der Waals surface area contributed by atoms with Crippen molar-refractivity contribution in [2.75, 3.05) is 23.8 Å². The summed E-state index contributed by atoms with van der Waals surface area (Å²) in [6.45, 7) is 0.720. The normalized spacial score (nSPS) is 22.6. The Morgan fingerprint density at radius 3 is 3.11 bits per heavy atom. The number of anilines is 1. The number of hydrogen-bond donors (Lipinski definition) is 2. The molecule has 1 fully saturated rings. The molecule has 1 unspecified atom stereocenters. The molecule has 0 saturated carbocycles. The number of hydrogen-bond acceptors (Lipinski definition) is 5. The van der Waals surface area contributed by atoms with E-state index in [1.54, 1.807) is 17.8 Å². The second-order valence-electron chi connectivity index (χ2n) is 4.47. The average molecular weight is 280 g/mol. The topological polar surface area (TPSA) is 70.7 Å². The molecule has 2 aliphatic rings. The number of fused-ring (bicyclic) bond motifs is 1. The standard InChI is InChI=1S/C12H13FN4OS/c13-8-3-7(4-9(14)5-8)11-15-16-12(18)10-6-19-2-1-17(10)11/h3-5,10H,1-2,6,14H2,(H,16,18). The van der Waals surface area contributed by atoms with E-state index >= 15 is 0 Å². The molecular weight excluding hydrogens is 267 g/mol. The summed E-state index contributed by atoms with van der Waals surface area (Å²) in [5, 5.41) is 4.06. The average Bonchev–Trinajstić information content (AvgIpc) is 2.38. The van der Waals surface area contributed by atoms with Crippen molar-refractivity contribution in [2.45, 2.75) is 6.04 Å². The van der Waals surface area contributed by atoms with Crippen LogP contribution in [0.2, 0.25) is 0 Å². The highest BCUT2D eigenvalue weighted by atomic mass is 32.2. The van der Waals surface area contributed by atoms with Crippen LogP contribution in [0.4, 0.5) is 10.1 Å². The first-order chi connectivity index (χ1) is 9.15. The lowest BCUT2D eigenvalue weighted by Gasteiger charge is -2.38. The van der Waals surface area contributed by atoms with Gasteiger partial charge in [0.05, 0.1) is 0 Å². The van der Waals surface area contributed by atoms with Crippen molar-refractivity contribution in [2.24, 2.45) is 5.10 Å². The lowest BCUT2D eigenvalue weighted by Crippen LogP contribution is -2.57. The van der Waals surface area contributed by atoms with Crippen molar-refractivity contribution in [3.05, 3.63) is 29.6 Å². The van der Waals surface area contributed by atoms with Gasteiger partial charge >= 0.3 is 0 Å². The zero-order valence-corrected chi connectivity index (χ0v) is 10.9. The first kappa shape index (κ1) is 12.3. The van der Waals surface area contributed by atoms with Crippen molar-refractivity contribution in [1.29, 1.82) is 0 Å². The molecular formula is C12H13FN4OS. The van der Waals surface area contributed by atoms with Crippen LogP contribution in [0.3, 0.4) is 0 Å². The van der Waals surface area contributed by atoms with Crippen molar-refractivity contribution >= 4 is 29.2 Å². The highest BCUT2D eigenvalue weighted by Crippen LogP contribution is 2.23.